The van der Waals surface area contributed by atoms with E-state index in [0.29, 0.717) is 5.56 Å². The van der Waals surface area contributed by atoms with E-state index in [1.54, 1.807) is 18.2 Å². The summed E-state index contributed by atoms with van der Waals surface area (Å²) in [7, 11) is 0. The van der Waals surface area contributed by atoms with E-state index in [9.17, 15) is 18.0 Å². The molecule has 1 N–H and O–H groups in total. The number of carbonyl (C=O) groups is 1. The van der Waals surface area contributed by atoms with Crippen LogP contribution >= 0.6 is 0 Å². The van der Waals surface area contributed by atoms with Crippen molar-refractivity contribution in [2.24, 2.45) is 0 Å². The minimum absolute atomic E-state index is 0.0613. The van der Waals surface area contributed by atoms with Gasteiger partial charge in [-0.2, -0.15) is 13.2 Å². The summed E-state index contributed by atoms with van der Waals surface area (Å²) in [5.41, 5.74) is -1.06. The first kappa shape index (κ1) is 15.1. The fourth-order valence-electron chi connectivity index (χ4n) is 1.81. The lowest BCUT2D eigenvalue weighted by Gasteiger charge is -2.13. The van der Waals surface area contributed by atoms with Crippen molar-refractivity contribution < 1.29 is 27.8 Å². The van der Waals surface area contributed by atoms with Crippen LogP contribution in [0.2, 0.25) is 0 Å². The Labute approximate surface area is 118 Å². The molecule has 0 bridgehead atoms. The van der Waals surface area contributed by atoms with Gasteiger partial charge in [-0.15, -0.1) is 0 Å². The van der Waals surface area contributed by atoms with E-state index in [1.165, 1.54) is 12.1 Å². The maximum Gasteiger partial charge on any atom is 0.417 e. The summed E-state index contributed by atoms with van der Waals surface area (Å²) in [6.07, 6.45) is -4.50. The quantitative estimate of drug-likeness (QED) is 0.873. The fourth-order valence-corrected chi connectivity index (χ4v) is 1.81. The molecule has 21 heavy (non-hydrogen) atoms. The Bertz CT molecular complexity index is 651. The lowest BCUT2D eigenvalue weighted by atomic mass is 10.1. The summed E-state index contributed by atoms with van der Waals surface area (Å²) in [5.74, 6) is 0.195. The van der Waals surface area contributed by atoms with E-state index >= 15 is 0 Å². The van der Waals surface area contributed by atoms with Crippen molar-refractivity contribution in [1.82, 2.24) is 0 Å². The third kappa shape index (κ3) is 3.41. The number of benzene rings is 2. The number of aliphatic hydroxyl groups excluding tert-OH is 1. The summed E-state index contributed by atoms with van der Waals surface area (Å²) < 4.78 is 43.9. The van der Waals surface area contributed by atoms with Crippen molar-refractivity contribution in [3.8, 4) is 11.5 Å². The number of hydrogen-bond donors (Lipinski definition) is 1. The lowest BCUT2D eigenvalue weighted by Crippen LogP contribution is -2.09. The zero-order valence-electron chi connectivity index (χ0n) is 10.7. The third-order valence-electron chi connectivity index (χ3n) is 2.83. The monoisotopic (exact) mass is 296 g/mol. The Morgan fingerprint density at radius 3 is 2.48 bits per heavy atom. The van der Waals surface area contributed by atoms with Gasteiger partial charge in [-0.3, -0.25) is 4.79 Å². The Kier molecular flexibility index (Phi) is 4.28. The highest BCUT2D eigenvalue weighted by Gasteiger charge is 2.33. The zero-order chi connectivity index (χ0) is 15.5. The standard InChI is InChI=1S/C15H11F3O3/c16-15(17,18)13-7-12(6-5-10(13)8-19)21-14-4-2-1-3-11(14)9-20/h1-8,20H,9H2. The van der Waals surface area contributed by atoms with Gasteiger partial charge in [0.05, 0.1) is 12.2 Å². The highest BCUT2D eigenvalue weighted by atomic mass is 19.4. The second-order valence-corrected chi connectivity index (χ2v) is 4.23. The molecule has 0 aliphatic carbocycles. The third-order valence-corrected chi connectivity index (χ3v) is 2.83. The Hall–Kier alpha value is -2.34. The number of carbonyl (C=O) groups excluding carboxylic acids is 1. The lowest BCUT2D eigenvalue weighted by molar-refractivity contribution is -0.137. The maximum atomic E-state index is 12.8. The Balaban J connectivity index is 2.40. The minimum atomic E-state index is -4.65. The van der Waals surface area contributed by atoms with Gasteiger partial charge in [-0.1, -0.05) is 18.2 Å². The van der Waals surface area contributed by atoms with Gasteiger partial charge in [0.15, 0.2) is 6.29 Å². The van der Waals surface area contributed by atoms with Gasteiger partial charge in [-0.05, 0) is 24.3 Å². The number of ether oxygens (including phenoxy) is 1. The van der Waals surface area contributed by atoms with Gasteiger partial charge < -0.3 is 9.84 Å². The number of aliphatic hydroxyl groups is 1. The molecule has 3 nitrogen and oxygen atoms in total. The van der Waals surface area contributed by atoms with Crippen molar-refractivity contribution in [3.05, 3.63) is 59.2 Å². The van der Waals surface area contributed by atoms with Crippen LogP contribution < -0.4 is 4.74 Å². The van der Waals surface area contributed by atoms with E-state index in [4.69, 9.17) is 9.84 Å². The van der Waals surface area contributed by atoms with Crippen LogP contribution in [0, 0.1) is 0 Å². The predicted octanol–water partition coefficient (Wildman–Crippen LogP) is 3.80. The first-order chi connectivity index (χ1) is 9.95. The topological polar surface area (TPSA) is 46.5 Å². The Morgan fingerprint density at radius 1 is 1.14 bits per heavy atom. The van der Waals surface area contributed by atoms with E-state index in [0.717, 1.165) is 12.1 Å². The van der Waals surface area contributed by atoms with Crippen molar-refractivity contribution in [3.63, 3.8) is 0 Å². The molecule has 0 aromatic heterocycles. The molecule has 0 saturated heterocycles. The average molecular weight is 296 g/mol. The van der Waals surface area contributed by atoms with E-state index < -0.39 is 17.3 Å². The minimum Gasteiger partial charge on any atom is -0.457 e. The molecule has 110 valence electrons. The average Bonchev–Trinajstić information content (AvgIpc) is 2.47. The molecule has 0 heterocycles. The summed E-state index contributed by atoms with van der Waals surface area (Å²) >= 11 is 0. The van der Waals surface area contributed by atoms with Crippen LogP contribution in [0.1, 0.15) is 21.5 Å². The number of alkyl halides is 3. The van der Waals surface area contributed by atoms with Gasteiger partial charge in [0, 0.05) is 11.1 Å². The molecule has 0 aliphatic heterocycles. The number of aldehydes is 1. The summed E-state index contributed by atoms with van der Waals surface area (Å²) in [6, 6.07) is 9.53. The molecule has 0 saturated carbocycles. The molecule has 6 heteroatoms. The van der Waals surface area contributed by atoms with Gasteiger partial charge >= 0.3 is 6.18 Å². The molecular formula is C15H11F3O3. The van der Waals surface area contributed by atoms with Crippen LogP contribution in [0.25, 0.3) is 0 Å². The summed E-state index contributed by atoms with van der Waals surface area (Å²) in [4.78, 5) is 10.7. The van der Waals surface area contributed by atoms with Crippen molar-refractivity contribution in [2.45, 2.75) is 12.8 Å². The first-order valence-electron chi connectivity index (χ1n) is 5.98. The molecule has 0 radical (unpaired) electrons. The Morgan fingerprint density at radius 2 is 1.86 bits per heavy atom. The van der Waals surface area contributed by atoms with Crippen LogP contribution in [-0.2, 0) is 12.8 Å². The SMILES string of the molecule is O=Cc1ccc(Oc2ccccc2CO)cc1C(F)(F)F. The van der Waals surface area contributed by atoms with Gasteiger partial charge in [0.1, 0.15) is 11.5 Å². The van der Waals surface area contributed by atoms with Crippen LogP contribution in [0.3, 0.4) is 0 Å². The number of para-hydroxylation sites is 1. The summed E-state index contributed by atoms with van der Waals surface area (Å²) in [6.45, 7) is -0.297. The number of hydrogen-bond acceptors (Lipinski definition) is 3. The van der Waals surface area contributed by atoms with E-state index in [2.05, 4.69) is 0 Å². The molecule has 0 atom stereocenters. The van der Waals surface area contributed by atoms with Gasteiger partial charge in [0.2, 0.25) is 0 Å². The zero-order valence-corrected chi connectivity index (χ0v) is 10.7. The molecule has 0 amide bonds. The van der Waals surface area contributed by atoms with Crippen molar-refractivity contribution >= 4 is 6.29 Å². The molecule has 2 aromatic carbocycles. The van der Waals surface area contributed by atoms with Gasteiger partial charge in [0.25, 0.3) is 0 Å². The van der Waals surface area contributed by atoms with Crippen molar-refractivity contribution in [2.75, 3.05) is 0 Å². The first-order valence-corrected chi connectivity index (χ1v) is 5.98. The van der Waals surface area contributed by atoms with Crippen LogP contribution in [0.15, 0.2) is 42.5 Å². The molecule has 2 rings (SSSR count). The highest BCUT2D eigenvalue weighted by Crippen LogP contribution is 2.35. The number of halogens is 3. The normalized spacial score (nSPS) is 11.2. The van der Waals surface area contributed by atoms with Gasteiger partial charge in [-0.25, -0.2) is 0 Å². The maximum absolute atomic E-state index is 12.8. The molecule has 2 aromatic rings. The smallest absolute Gasteiger partial charge is 0.417 e. The van der Waals surface area contributed by atoms with Crippen molar-refractivity contribution in [1.29, 1.82) is 0 Å². The van der Waals surface area contributed by atoms with Crippen LogP contribution in [0.5, 0.6) is 11.5 Å². The van der Waals surface area contributed by atoms with Crippen LogP contribution in [0.4, 0.5) is 13.2 Å². The molecular weight excluding hydrogens is 285 g/mol. The number of rotatable bonds is 4. The predicted molar refractivity (Wildman–Crippen MR) is 69.3 cm³/mol. The highest BCUT2D eigenvalue weighted by molar-refractivity contribution is 5.78. The fraction of sp³-hybridized carbons (Fsp3) is 0.133. The van der Waals surface area contributed by atoms with E-state index in [-0.39, 0.29) is 24.4 Å². The molecule has 0 fully saturated rings. The molecule has 0 aliphatic rings. The second kappa shape index (κ2) is 5.97. The summed E-state index contributed by atoms with van der Waals surface area (Å²) in [5, 5.41) is 9.16. The van der Waals surface area contributed by atoms with E-state index in [1.807, 2.05) is 0 Å². The second-order valence-electron chi connectivity index (χ2n) is 4.23. The molecule has 0 unspecified atom stereocenters. The molecule has 0 spiro atoms. The van der Waals surface area contributed by atoms with Crippen LogP contribution in [-0.4, -0.2) is 11.4 Å². The largest absolute Gasteiger partial charge is 0.457 e.